The van der Waals surface area contributed by atoms with Crippen LogP contribution >= 0.6 is 14.5 Å². The lowest BCUT2D eigenvalue weighted by atomic mass is 9.82. The highest BCUT2D eigenvalue weighted by atomic mass is 32.2. The lowest BCUT2D eigenvalue weighted by Gasteiger charge is -2.39. The molecule has 62 heavy (non-hydrogen) atoms. The maximum Gasteiger partial charge on any atom is 0.276 e. The Labute approximate surface area is 389 Å². The van der Waals surface area contributed by atoms with Crippen LogP contribution in [0.3, 0.4) is 0 Å². The molecule has 0 radical (unpaired) electrons. The van der Waals surface area contributed by atoms with E-state index >= 15 is 0 Å². The van der Waals surface area contributed by atoms with Gasteiger partial charge in [0.05, 0.1) is 55.3 Å². The van der Waals surface area contributed by atoms with Gasteiger partial charge in [-0.25, -0.2) is 0 Å². The lowest BCUT2D eigenvalue weighted by Crippen LogP contribution is -2.62. The number of aliphatic carboxylic acids is 2. The Morgan fingerprint density at radius 1 is 0.419 bits per heavy atom. The summed E-state index contributed by atoms with van der Waals surface area (Å²) in [6.45, 7) is 23.0. The first-order valence-corrected chi connectivity index (χ1v) is 33.2. The minimum atomic E-state index is -5.20. The van der Waals surface area contributed by atoms with Crippen molar-refractivity contribution in [1.29, 1.82) is 0 Å². The molecule has 0 bridgehead atoms. The number of rotatable bonds is 42. The Morgan fingerprint density at radius 2 is 0.661 bits per heavy atom. The highest BCUT2D eigenvalue weighted by molar-refractivity contribution is 7.88. The van der Waals surface area contributed by atoms with Crippen LogP contribution in [0.2, 0.25) is 0 Å². The fourth-order valence-corrected chi connectivity index (χ4v) is 20.7. The molecule has 1 N–H and O–H groups in total. The van der Waals surface area contributed by atoms with Gasteiger partial charge in [-0.05, 0) is 64.2 Å². The second kappa shape index (κ2) is 43.3. The molecule has 0 aromatic rings. The lowest BCUT2D eigenvalue weighted by molar-refractivity contribution is -0.325. The summed E-state index contributed by atoms with van der Waals surface area (Å²) in [5, 5.41) is 23.5. The van der Waals surface area contributed by atoms with E-state index in [1.54, 1.807) is 49.3 Å². The van der Waals surface area contributed by atoms with E-state index in [1.807, 2.05) is 6.92 Å². The van der Waals surface area contributed by atoms with Crippen molar-refractivity contribution in [2.45, 2.75) is 267 Å². The maximum absolute atomic E-state index is 12.0. The van der Waals surface area contributed by atoms with Crippen LogP contribution in [0.4, 0.5) is 0 Å². The normalized spacial score (nSPS) is 13.4. The topological polar surface area (TPSA) is 135 Å². The van der Waals surface area contributed by atoms with Crippen molar-refractivity contribution in [3.63, 3.8) is 0 Å². The van der Waals surface area contributed by atoms with E-state index in [-0.39, 0.29) is 12.8 Å². The van der Waals surface area contributed by atoms with Crippen LogP contribution in [0, 0.1) is 5.92 Å². The van der Waals surface area contributed by atoms with E-state index in [9.17, 15) is 32.8 Å². The third-order valence-corrected chi connectivity index (χ3v) is 25.0. The Bertz CT molecular complexity index is 1010. The van der Waals surface area contributed by atoms with Gasteiger partial charge in [-0.2, -0.15) is 8.42 Å². The molecule has 2 atom stereocenters. The highest BCUT2D eigenvalue weighted by Gasteiger charge is 2.51. The van der Waals surface area contributed by atoms with Gasteiger partial charge in [0.15, 0.2) is 0 Å². The van der Waals surface area contributed by atoms with Crippen LogP contribution in [-0.4, -0.2) is 79.0 Å². The van der Waals surface area contributed by atoms with Crippen molar-refractivity contribution in [2.24, 2.45) is 5.92 Å². The summed E-state index contributed by atoms with van der Waals surface area (Å²) in [5.41, 5.74) is 0. The molecule has 0 spiro atoms. The van der Waals surface area contributed by atoms with Crippen molar-refractivity contribution in [2.75, 3.05) is 49.3 Å². The summed E-state index contributed by atoms with van der Waals surface area (Å²) in [4.78, 5) is 23.5. The number of unbranched alkanes of at least 4 members (excludes halogenated alkanes) is 18. The van der Waals surface area contributed by atoms with Gasteiger partial charge in [0.25, 0.3) is 10.1 Å². The first-order chi connectivity index (χ1) is 29.6. The average Bonchev–Trinajstić information content (AvgIpc) is 3.25. The van der Waals surface area contributed by atoms with Crippen molar-refractivity contribution in [3.8, 4) is 0 Å². The van der Waals surface area contributed by atoms with E-state index in [0.717, 1.165) is 51.4 Å². The smallest absolute Gasteiger partial charge is 0.276 e. The predicted octanol–water partition coefficient (Wildman–Crippen LogP) is 14.6. The van der Waals surface area contributed by atoms with E-state index in [0.29, 0.717) is 19.3 Å². The predicted molar refractivity (Wildman–Crippen MR) is 276 cm³/mol. The average molecular weight is 939 g/mol. The molecule has 0 amide bonds. The minimum Gasteiger partial charge on any atom is -0.550 e. The van der Waals surface area contributed by atoms with Crippen molar-refractivity contribution >= 4 is 36.6 Å². The largest absolute Gasteiger partial charge is 0.550 e. The van der Waals surface area contributed by atoms with Gasteiger partial charge in [-0.15, -0.1) is 0 Å². The molecule has 2 unspecified atom stereocenters. The highest BCUT2D eigenvalue weighted by Crippen LogP contribution is 2.62. The SMILES string of the molecule is CCCCCCCCC(C(=O)[O-])C(CCCCCCCC)(C(=O)[O-])S(=O)(=O)O.CCCC[P+](CCCC)(CCCC)CCCC.CCCC[P+](CCCC)(CCCC)CCCC. The zero-order valence-electron chi connectivity index (χ0n) is 43.1. The van der Waals surface area contributed by atoms with Crippen molar-refractivity contribution in [3.05, 3.63) is 0 Å². The Hall–Kier alpha value is -0.290. The standard InChI is InChI=1S/C20H38O7S.2C16H36P/c1-3-5-7-9-11-13-15-17(18(21)22)20(19(23)24,28(25,26)27)16-14-12-10-8-6-4-2;2*1-5-9-13-17(14-10-6-2,15-11-7-3)16-12-8-4/h17H,3-16H2,1-2H3,(H,21,22)(H,23,24)(H,25,26,27);2*5-16H2,1-4H3/q;2*+1/p-2. The molecule has 0 aliphatic carbocycles. The molecule has 0 saturated carbocycles. The van der Waals surface area contributed by atoms with Crippen LogP contribution in [0.5, 0.6) is 0 Å². The molecular formula is C52H108O7P2S. The van der Waals surface area contributed by atoms with Crippen molar-refractivity contribution in [1.82, 2.24) is 0 Å². The van der Waals surface area contributed by atoms with Crippen LogP contribution in [0.25, 0.3) is 0 Å². The summed E-state index contributed by atoms with van der Waals surface area (Å²) in [6, 6.07) is 0. The summed E-state index contributed by atoms with van der Waals surface area (Å²) in [7, 11) is -6.33. The molecule has 0 fully saturated rings. The fraction of sp³-hybridized carbons (Fsp3) is 0.962. The molecule has 0 aromatic carbocycles. The number of carbonyl (C=O) groups excluding carboxylic acids is 2. The van der Waals surface area contributed by atoms with Crippen LogP contribution in [0.15, 0.2) is 0 Å². The van der Waals surface area contributed by atoms with Gasteiger partial charge in [0.1, 0.15) is 4.75 Å². The molecule has 374 valence electrons. The molecule has 0 aliphatic rings. The summed E-state index contributed by atoms with van der Waals surface area (Å²) in [5.74, 6) is -5.68. The number of carboxylic acid groups (broad SMARTS) is 2. The molecule has 0 aliphatic heterocycles. The summed E-state index contributed by atoms with van der Waals surface area (Å²) < 4.78 is 30.9. The van der Waals surface area contributed by atoms with Gasteiger partial charge in [-0.1, -0.05) is 198 Å². The molecule has 0 saturated heterocycles. The molecular weight excluding hydrogens is 831 g/mol. The third kappa shape index (κ3) is 30.8. The fourth-order valence-electron chi connectivity index (χ4n) is 8.96. The van der Waals surface area contributed by atoms with Crippen LogP contribution in [-0.2, 0) is 19.7 Å². The summed E-state index contributed by atoms with van der Waals surface area (Å²) in [6.07, 6.45) is 44.7. The number of carbonyl (C=O) groups is 2. The van der Waals surface area contributed by atoms with E-state index in [2.05, 4.69) is 62.3 Å². The van der Waals surface area contributed by atoms with Crippen LogP contribution < -0.4 is 10.2 Å². The van der Waals surface area contributed by atoms with Gasteiger partial charge < -0.3 is 19.8 Å². The number of carboxylic acids is 2. The summed E-state index contributed by atoms with van der Waals surface area (Å²) >= 11 is 0. The maximum atomic E-state index is 12.0. The number of hydrogen-bond acceptors (Lipinski definition) is 6. The Balaban J connectivity index is -0.000000888. The van der Waals surface area contributed by atoms with Gasteiger partial charge in [-0.3, -0.25) is 4.55 Å². The van der Waals surface area contributed by atoms with E-state index in [4.69, 9.17) is 0 Å². The van der Waals surface area contributed by atoms with Gasteiger partial charge >= 0.3 is 0 Å². The second-order valence-corrected chi connectivity index (χ2v) is 29.5. The monoisotopic (exact) mass is 939 g/mol. The molecule has 0 aromatic heterocycles. The first kappa shape index (κ1) is 66.0. The van der Waals surface area contributed by atoms with Gasteiger partial charge in [0.2, 0.25) is 0 Å². The third-order valence-electron chi connectivity index (χ3n) is 13.3. The molecule has 0 rings (SSSR count). The second-order valence-electron chi connectivity index (χ2n) is 18.9. The van der Waals surface area contributed by atoms with Crippen molar-refractivity contribution < 1.29 is 32.8 Å². The number of hydrogen-bond donors (Lipinski definition) is 1. The minimum absolute atomic E-state index is 0.178. The zero-order chi connectivity index (χ0) is 47.6. The quantitative estimate of drug-likeness (QED) is 0.0366. The Kier molecular flexibility index (Phi) is 46.1. The molecule has 7 nitrogen and oxygen atoms in total. The van der Waals surface area contributed by atoms with Gasteiger partial charge in [0, 0.05) is 26.4 Å². The molecule has 0 heterocycles. The first-order valence-electron chi connectivity index (χ1n) is 26.7. The Morgan fingerprint density at radius 3 is 0.887 bits per heavy atom. The van der Waals surface area contributed by atoms with E-state index < -0.39 is 53.7 Å². The van der Waals surface area contributed by atoms with Crippen LogP contribution in [0.1, 0.15) is 262 Å². The van der Waals surface area contributed by atoms with E-state index in [1.165, 1.54) is 103 Å². The zero-order valence-corrected chi connectivity index (χ0v) is 45.8. The molecule has 10 heteroatoms.